The van der Waals surface area contributed by atoms with Gasteiger partial charge < -0.3 is 21.6 Å². The molecule has 0 atom stereocenters. The normalized spacial score (nSPS) is 12.0. The molecule has 4 aromatic rings. The summed E-state index contributed by atoms with van der Waals surface area (Å²) in [7, 11) is 0. The molecule has 0 saturated heterocycles. The van der Waals surface area contributed by atoms with Gasteiger partial charge in [-0.25, -0.2) is 19.4 Å². The van der Waals surface area contributed by atoms with E-state index in [9.17, 15) is 17.6 Å². The van der Waals surface area contributed by atoms with Crippen molar-refractivity contribution in [3.05, 3.63) is 125 Å². The fraction of sp³-hybridized carbons (Fsp3) is 0.125. The van der Waals surface area contributed by atoms with Gasteiger partial charge in [0.25, 0.3) is 0 Å². The van der Waals surface area contributed by atoms with Crippen molar-refractivity contribution < 1.29 is 22.3 Å². The number of amidine groups is 2. The SMILES string of the molecule is Cc1cccc(C)c1N=C(N)SCc1ccccc1F.N=Cc1ccc(C(N)=NC=Nc2ccc(OC(F)(F)F)cc2)cc1. The van der Waals surface area contributed by atoms with Crippen molar-refractivity contribution in [2.24, 2.45) is 26.4 Å². The Kier molecular flexibility index (Phi) is 12.2. The van der Waals surface area contributed by atoms with Gasteiger partial charge in [0.05, 0.1) is 11.4 Å². The van der Waals surface area contributed by atoms with Gasteiger partial charge in [-0.15, -0.1) is 13.2 Å². The minimum atomic E-state index is -4.73. The van der Waals surface area contributed by atoms with E-state index in [1.54, 1.807) is 36.4 Å². The van der Waals surface area contributed by atoms with Gasteiger partial charge in [-0.05, 0) is 66.4 Å². The lowest BCUT2D eigenvalue weighted by Gasteiger charge is -2.08. The Labute approximate surface area is 256 Å². The van der Waals surface area contributed by atoms with Crippen molar-refractivity contribution in [1.82, 2.24) is 0 Å². The summed E-state index contributed by atoms with van der Waals surface area (Å²) in [6, 6.07) is 24.6. The number of para-hydroxylation sites is 1. The van der Waals surface area contributed by atoms with E-state index in [0.29, 0.717) is 27.7 Å². The van der Waals surface area contributed by atoms with Crippen LogP contribution < -0.4 is 16.2 Å². The Morgan fingerprint density at radius 1 is 0.886 bits per heavy atom. The number of alkyl halides is 3. The Balaban J connectivity index is 0.000000244. The standard InChI is InChI=1S/C16H13F3N4O.C16H17FN2S/c17-16(18,19)24-14-7-5-13(6-8-14)22-10-23-15(21)12-3-1-11(9-20)2-4-12;1-11-6-5-7-12(2)15(11)19-16(18)20-10-13-8-3-4-9-14(13)17/h1-10,20H,(H2,21,22,23);3-9H,10H2,1-2H3,(H2,18,19). The van der Waals surface area contributed by atoms with Crippen LogP contribution in [-0.2, 0) is 5.75 Å². The number of ether oxygens (including phenoxy) is 1. The van der Waals surface area contributed by atoms with Crippen LogP contribution in [0, 0.1) is 25.1 Å². The van der Waals surface area contributed by atoms with E-state index in [2.05, 4.69) is 19.7 Å². The van der Waals surface area contributed by atoms with Gasteiger partial charge in [0, 0.05) is 17.5 Å². The second kappa shape index (κ2) is 16.0. The molecule has 0 aliphatic heterocycles. The average Bonchev–Trinajstić information content (AvgIpc) is 2.99. The molecule has 0 bridgehead atoms. The number of halogens is 4. The minimum absolute atomic E-state index is 0.208. The zero-order valence-electron chi connectivity index (χ0n) is 23.8. The van der Waals surface area contributed by atoms with Crippen molar-refractivity contribution in [3.8, 4) is 5.75 Å². The van der Waals surface area contributed by atoms with E-state index in [0.717, 1.165) is 34.5 Å². The highest BCUT2D eigenvalue weighted by Crippen LogP contribution is 2.26. The van der Waals surface area contributed by atoms with Crippen LogP contribution in [0.4, 0.5) is 28.9 Å². The summed E-state index contributed by atoms with van der Waals surface area (Å²) in [4.78, 5) is 12.4. The molecule has 0 radical (unpaired) electrons. The molecular formula is C32H30F4N6OS. The summed E-state index contributed by atoms with van der Waals surface area (Å²) in [5, 5.41) is 7.56. The maximum Gasteiger partial charge on any atom is 0.573 e. The number of nitrogens with zero attached hydrogens (tertiary/aromatic N) is 3. The maximum absolute atomic E-state index is 13.5. The summed E-state index contributed by atoms with van der Waals surface area (Å²) in [6.45, 7) is 4.00. The number of nitrogens with one attached hydrogen (secondary N) is 1. The smallest absolute Gasteiger partial charge is 0.406 e. The molecule has 44 heavy (non-hydrogen) atoms. The summed E-state index contributed by atoms with van der Waals surface area (Å²) < 4.78 is 53.4. The van der Waals surface area contributed by atoms with E-state index in [4.69, 9.17) is 16.9 Å². The van der Waals surface area contributed by atoms with Crippen molar-refractivity contribution in [2.45, 2.75) is 26.0 Å². The number of nitrogens with two attached hydrogens (primary N) is 2. The van der Waals surface area contributed by atoms with E-state index < -0.39 is 6.36 Å². The first-order valence-electron chi connectivity index (χ1n) is 13.0. The number of aliphatic imine (C=N–C) groups is 3. The molecule has 0 amide bonds. The van der Waals surface area contributed by atoms with Crippen molar-refractivity contribution in [2.75, 3.05) is 0 Å². The highest BCUT2D eigenvalue weighted by Gasteiger charge is 2.30. The molecule has 228 valence electrons. The van der Waals surface area contributed by atoms with E-state index in [1.807, 2.05) is 38.1 Å². The lowest BCUT2D eigenvalue weighted by atomic mass is 10.1. The third-order valence-corrected chi connectivity index (χ3v) is 6.68. The largest absolute Gasteiger partial charge is 0.573 e. The van der Waals surface area contributed by atoms with Crippen LogP contribution in [0.15, 0.2) is 106 Å². The van der Waals surface area contributed by atoms with Crippen LogP contribution >= 0.6 is 11.8 Å². The molecule has 12 heteroatoms. The number of benzene rings is 4. The summed E-state index contributed by atoms with van der Waals surface area (Å²) in [5.41, 5.74) is 17.2. The Bertz CT molecular complexity index is 1620. The number of aryl methyl sites for hydroxylation is 2. The fourth-order valence-corrected chi connectivity index (χ4v) is 4.30. The van der Waals surface area contributed by atoms with Gasteiger partial charge in [-0.1, -0.05) is 72.4 Å². The maximum atomic E-state index is 13.5. The zero-order valence-corrected chi connectivity index (χ0v) is 24.7. The van der Waals surface area contributed by atoms with E-state index in [-0.39, 0.29) is 17.4 Å². The van der Waals surface area contributed by atoms with Gasteiger partial charge in [-0.2, -0.15) is 0 Å². The Morgan fingerprint density at radius 3 is 2.11 bits per heavy atom. The topological polar surface area (TPSA) is 122 Å². The number of hydrogen-bond donors (Lipinski definition) is 3. The zero-order chi connectivity index (χ0) is 32.1. The lowest BCUT2D eigenvalue weighted by Crippen LogP contribution is -2.16. The molecule has 0 heterocycles. The molecule has 0 aromatic heterocycles. The predicted octanol–water partition coefficient (Wildman–Crippen LogP) is 7.97. The first-order chi connectivity index (χ1) is 20.9. The highest BCUT2D eigenvalue weighted by molar-refractivity contribution is 8.13. The van der Waals surface area contributed by atoms with Crippen LogP contribution in [0.25, 0.3) is 0 Å². The molecule has 5 N–H and O–H groups in total. The summed E-state index contributed by atoms with van der Waals surface area (Å²) >= 11 is 1.34. The summed E-state index contributed by atoms with van der Waals surface area (Å²) in [6.07, 6.45) is -2.30. The third kappa shape index (κ3) is 11.0. The molecule has 0 fully saturated rings. The fourth-order valence-electron chi connectivity index (χ4n) is 3.61. The molecule has 0 aliphatic carbocycles. The first kappa shape index (κ1) is 33.5. The van der Waals surface area contributed by atoms with E-state index in [1.165, 1.54) is 42.5 Å². The Morgan fingerprint density at radius 2 is 1.52 bits per heavy atom. The van der Waals surface area contributed by atoms with Crippen molar-refractivity contribution in [3.63, 3.8) is 0 Å². The predicted molar refractivity (Wildman–Crippen MR) is 171 cm³/mol. The summed E-state index contributed by atoms with van der Waals surface area (Å²) in [5.74, 6) is 0.176. The average molecular weight is 623 g/mol. The van der Waals surface area contributed by atoms with Gasteiger partial charge in [-0.3, -0.25) is 0 Å². The molecular weight excluding hydrogens is 592 g/mol. The minimum Gasteiger partial charge on any atom is -0.406 e. The number of hydrogen-bond acceptors (Lipinski definition) is 5. The molecule has 0 spiro atoms. The van der Waals surface area contributed by atoms with Crippen LogP contribution in [0.2, 0.25) is 0 Å². The monoisotopic (exact) mass is 622 g/mol. The van der Waals surface area contributed by atoms with Crippen LogP contribution in [-0.4, -0.2) is 29.9 Å². The number of rotatable bonds is 8. The van der Waals surface area contributed by atoms with Crippen molar-refractivity contribution in [1.29, 1.82) is 5.41 Å². The second-order valence-corrected chi connectivity index (χ2v) is 10.1. The molecule has 0 unspecified atom stereocenters. The second-order valence-electron chi connectivity index (χ2n) is 9.14. The van der Waals surface area contributed by atoms with Crippen molar-refractivity contribution >= 4 is 46.7 Å². The molecule has 0 saturated carbocycles. The van der Waals surface area contributed by atoms with Gasteiger partial charge in [0.15, 0.2) is 5.17 Å². The molecule has 4 aromatic carbocycles. The third-order valence-electron chi connectivity index (χ3n) is 5.84. The molecule has 4 rings (SSSR count). The molecule has 0 aliphatic rings. The quantitative estimate of drug-likeness (QED) is 0.105. The number of thioether (sulfide) groups is 1. The molecule has 7 nitrogen and oxygen atoms in total. The Hall–Kier alpha value is -4.97. The van der Waals surface area contributed by atoms with Crippen LogP contribution in [0.3, 0.4) is 0 Å². The first-order valence-corrected chi connectivity index (χ1v) is 14.0. The highest BCUT2D eigenvalue weighted by atomic mass is 32.2. The van der Waals surface area contributed by atoms with Crippen LogP contribution in [0.1, 0.15) is 27.8 Å². The van der Waals surface area contributed by atoms with Gasteiger partial charge in [0.2, 0.25) is 0 Å². The van der Waals surface area contributed by atoms with Gasteiger partial charge in [0.1, 0.15) is 23.7 Å². The lowest BCUT2D eigenvalue weighted by molar-refractivity contribution is -0.274. The van der Waals surface area contributed by atoms with Gasteiger partial charge >= 0.3 is 6.36 Å². The van der Waals surface area contributed by atoms with E-state index >= 15 is 0 Å². The van der Waals surface area contributed by atoms with Crippen LogP contribution in [0.5, 0.6) is 5.75 Å².